The number of para-hydroxylation sites is 1. The Kier molecular flexibility index (Phi) is 7.98. The number of thiophene rings is 1. The van der Waals surface area contributed by atoms with Gasteiger partial charge < -0.3 is 0 Å². The summed E-state index contributed by atoms with van der Waals surface area (Å²) in [7, 11) is 0. The number of hydrogen-bond acceptors (Lipinski definition) is 4. The largest absolute Gasteiger partial charge is 2.00 e. The number of aromatic nitrogens is 2. The van der Waals surface area contributed by atoms with Crippen molar-refractivity contribution < 1.29 is 25.8 Å². The van der Waals surface area contributed by atoms with Gasteiger partial charge in [0.1, 0.15) is 0 Å². The Morgan fingerprint density at radius 2 is 1.45 bits per heavy atom. The molecule has 3 aromatic carbocycles. The van der Waals surface area contributed by atoms with Crippen LogP contribution in [0, 0.1) is 12.1 Å². The fourth-order valence-corrected chi connectivity index (χ4v) is 7.36. The molecule has 0 bridgehead atoms. The number of hydrogen-bond donors (Lipinski definition) is 0. The Labute approximate surface area is 260 Å². The van der Waals surface area contributed by atoms with Crippen LogP contribution < -0.4 is 4.74 Å². The monoisotopic (exact) mass is 789 g/mol. The van der Waals surface area contributed by atoms with Gasteiger partial charge in [0.15, 0.2) is 0 Å². The summed E-state index contributed by atoms with van der Waals surface area (Å²) in [6, 6.07) is 28.3. The van der Waals surface area contributed by atoms with Gasteiger partial charge in [-0.05, 0) is 0 Å². The summed E-state index contributed by atoms with van der Waals surface area (Å²) < 4.78 is 10.2. The number of benzene rings is 3. The van der Waals surface area contributed by atoms with Crippen molar-refractivity contribution in [2.75, 3.05) is 0 Å². The van der Waals surface area contributed by atoms with Crippen molar-refractivity contribution in [1.82, 2.24) is 9.97 Å². The van der Waals surface area contributed by atoms with Crippen LogP contribution in [0.1, 0.15) is 52.7 Å². The Morgan fingerprint density at radius 1 is 0.800 bits per heavy atom. The molecule has 6 rings (SSSR count). The number of nitrogens with zero attached hydrogens (tertiary/aromatic N) is 2. The summed E-state index contributed by atoms with van der Waals surface area (Å²) in [5.74, 6) is 1.35. The van der Waals surface area contributed by atoms with Crippen molar-refractivity contribution in [3.63, 3.8) is 0 Å². The van der Waals surface area contributed by atoms with E-state index in [-0.39, 0.29) is 46.4 Å². The third-order valence-corrected chi connectivity index (χ3v) is 9.97. The minimum atomic E-state index is -0.0691. The second-order valence-electron chi connectivity index (χ2n) is 11.9. The van der Waals surface area contributed by atoms with Crippen LogP contribution in [0.5, 0.6) is 11.5 Å². The Balaban J connectivity index is 0.00000323. The smallest absolute Gasteiger partial charge is 2.00 e. The fourth-order valence-electron chi connectivity index (χ4n) is 4.50. The molecule has 40 heavy (non-hydrogen) atoms. The van der Waals surface area contributed by atoms with Gasteiger partial charge in [-0.2, -0.15) is 0 Å². The average Bonchev–Trinajstić information content (AvgIpc) is 3.54. The number of fused-ring (bicyclic) bond motifs is 2. The van der Waals surface area contributed by atoms with Crippen molar-refractivity contribution in [2.24, 2.45) is 0 Å². The summed E-state index contributed by atoms with van der Waals surface area (Å²) >= 11 is 1.84. The standard InChI is InChI=1S/C34H30N2OSSe.Pt/c1-33(2,3)24-15-22(30-31-21(11-13-35-30)12-14-38-31)17-26(19-24)37-27-18-23(16-25(20-27)34(4,5)6)32-36-28-9-7-8-10-29(28)39-32;/h7-16,19-20H,1-6H3;/q-2;+2. The van der Waals surface area contributed by atoms with Crippen LogP contribution in [0.25, 0.3) is 41.3 Å². The molecule has 0 fully saturated rings. The molecule has 0 radical (unpaired) electrons. The van der Waals surface area contributed by atoms with E-state index in [0.29, 0.717) is 11.5 Å². The zero-order chi connectivity index (χ0) is 27.4. The van der Waals surface area contributed by atoms with Crippen LogP contribution in [0.3, 0.4) is 0 Å². The van der Waals surface area contributed by atoms with Crippen LogP contribution in [0.2, 0.25) is 0 Å². The van der Waals surface area contributed by atoms with Crippen LogP contribution in [0.4, 0.5) is 0 Å². The second-order valence-corrected chi connectivity index (χ2v) is 15.0. The number of pyridine rings is 1. The molecule has 0 aliphatic heterocycles. The first-order valence-corrected chi connectivity index (χ1v) is 15.7. The van der Waals surface area contributed by atoms with Gasteiger partial charge >= 0.3 is 262 Å². The summed E-state index contributed by atoms with van der Waals surface area (Å²) in [5.41, 5.74) is 6.19. The Hall–Kier alpha value is -2.55. The Morgan fingerprint density at radius 3 is 2.12 bits per heavy atom. The molecule has 0 amide bonds. The molecule has 3 nitrogen and oxygen atoms in total. The summed E-state index contributed by atoms with van der Waals surface area (Å²) in [5, 5.41) is 3.30. The first kappa shape index (κ1) is 29.0. The van der Waals surface area contributed by atoms with Gasteiger partial charge in [-0.3, -0.25) is 0 Å². The summed E-state index contributed by atoms with van der Waals surface area (Å²) in [4.78, 5) is 9.72. The van der Waals surface area contributed by atoms with Gasteiger partial charge in [0.25, 0.3) is 0 Å². The molecule has 6 aromatic rings. The molecule has 6 heteroatoms. The predicted octanol–water partition coefficient (Wildman–Crippen LogP) is 9.22. The first-order valence-electron chi connectivity index (χ1n) is 13.1. The van der Waals surface area contributed by atoms with Gasteiger partial charge in [0.2, 0.25) is 0 Å². The quantitative estimate of drug-likeness (QED) is 0.132. The summed E-state index contributed by atoms with van der Waals surface area (Å²) in [6.45, 7) is 13.3. The topological polar surface area (TPSA) is 35.0 Å². The fraction of sp³-hybridized carbons (Fsp3) is 0.235. The minimum absolute atomic E-state index is 0. The average molecular weight is 789 g/mol. The first-order chi connectivity index (χ1) is 18.5. The van der Waals surface area contributed by atoms with Crippen molar-refractivity contribution in [3.8, 4) is 32.9 Å². The zero-order valence-electron chi connectivity index (χ0n) is 23.4. The van der Waals surface area contributed by atoms with Crippen LogP contribution in [-0.4, -0.2) is 24.5 Å². The van der Waals surface area contributed by atoms with Crippen molar-refractivity contribution >= 4 is 45.7 Å². The summed E-state index contributed by atoms with van der Waals surface area (Å²) in [6.07, 6.45) is 1.87. The maximum atomic E-state index is 6.60. The van der Waals surface area contributed by atoms with Gasteiger partial charge in [-0.25, -0.2) is 0 Å². The maximum Gasteiger partial charge on any atom is 2.00 e. The van der Waals surface area contributed by atoms with E-state index in [9.17, 15) is 0 Å². The predicted molar refractivity (Wildman–Crippen MR) is 164 cm³/mol. The van der Waals surface area contributed by atoms with Gasteiger partial charge in [0, 0.05) is 0 Å². The molecule has 0 saturated carbocycles. The molecule has 0 aliphatic carbocycles. The molecule has 0 spiro atoms. The molecule has 204 valence electrons. The van der Waals surface area contributed by atoms with Gasteiger partial charge in [-0.15, -0.1) is 0 Å². The normalized spacial score (nSPS) is 12.1. The number of rotatable bonds is 4. The van der Waals surface area contributed by atoms with Crippen molar-refractivity contribution in [1.29, 1.82) is 0 Å². The Bertz CT molecular complexity index is 1790. The third-order valence-electron chi connectivity index (χ3n) is 6.79. The van der Waals surface area contributed by atoms with Crippen LogP contribution >= 0.6 is 11.3 Å². The van der Waals surface area contributed by atoms with E-state index in [0.717, 1.165) is 31.6 Å². The molecule has 0 atom stereocenters. The zero-order valence-corrected chi connectivity index (χ0v) is 28.2. The van der Waals surface area contributed by atoms with E-state index in [1.54, 1.807) is 11.3 Å². The van der Waals surface area contributed by atoms with Crippen LogP contribution in [0.15, 0.2) is 72.2 Å². The minimum Gasteiger partial charge on any atom is 2.00 e. The second kappa shape index (κ2) is 11.0. The molecule has 0 N–H and O–H groups in total. The van der Waals surface area contributed by atoms with E-state index in [4.69, 9.17) is 14.7 Å². The van der Waals surface area contributed by atoms with E-state index in [1.807, 2.05) is 12.3 Å². The maximum absolute atomic E-state index is 6.60. The van der Waals surface area contributed by atoms with E-state index in [2.05, 4.69) is 114 Å². The molecule has 0 aliphatic rings. The van der Waals surface area contributed by atoms with E-state index < -0.39 is 0 Å². The molecule has 3 heterocycles. The van der Waals surface area contributed by atoms with Crippen molar-refractivity contribution in [2.45, 2.75) is 52.4 Å². The molecule has 3 aromatic heterocycles. The van der Waals surface area contributed by atoms with Crippen molar-refractivity contribution in [3.05, 3.63) is 95.5 Å². The van der Waals surface area contributed by atoms with Gasteiger partial charge in [0.05, 0.1) is 0 Å². The molecular weight excluding hydrogens is 758 g/mol. The molecule has 0 saturated heterocycles. The van der Waals surface area contributed by atoms with Crippen LogP contribution in [-0.2, 0) is 31.9 Å². The number of ether oxygens (including phenoxy) is 1. The SMILES string of the molecule is CC(C)(C)c1cc(Oc2[c-]c(-c3nccc4ccsc34)cc(C(C)(C)C)c2)[c-]c(-c2nc3ccccc3[se]2)c1.[Pt+2]. The molecule has 0 unspecified atom stereocenters. The van der Waals surface area contributed by atoms with Gasteiger partial charge in [-0.1, -0.05) is 0 Å². The van der Waals surface area contributed by atoms with E-state index in [1.165, 1.54) is 20.8 Å². The third kappa shape index (κ3) is 5.90. The molecular formula is C34H30N2OPtSSe. The van der Waals surface area contributed by atoms with E-state index >= 15 is 0 Å².